The van der Waals surface area contributed by atoms with Crippen molar-refractivity contribution in [3.05, 3.63) is 54.6 Å². The number of aliphatic imine (C=N–C) groups is 1. The minimum absolute atomic E-state index is 0.209. The highest BCUT2D eigenvalue weighted by molar-refractivity contribution is 5.78. The van der Waals surface area contributed by atoms with Gasteiger partial charge in [0.25, 0.3) is 0 Å². The normalized spacial score (nSPS) is 15.3. The molecular formula is C18H23FN6. The van der Waals surface area contributed by atoms with Gasteiger partial charge in [-0.3, -0.25) is 9.98 Å². The van der Waals surface area contributed by atoms with E-state index in [1.807, 2.05) is 24.3 Å². The number of nitrogens with one attached hydrogen (secondary N) is 1. The summed E-state index contributed by atoms with van der Waals surface area (Å²) in [5.74, 6) is 0.370. The van der Waals surface area contributed by atoms with E-state index < -0.39 is 0 Å². The summed E-state index contributed by atoms with van der Waals surface area (Å²) in [6, 6.07) is 10.4. The third-order valence-corrected chi connectivity index (χ3v) is 4.19. The Morgan fingerprint density at radius 3 is 2.44 bits per heavy atom. The Morgan fingerprint density at radius 1 is 1.08 bits per heavy atom. The molecule has 25 heavy (non-hydrogen) atoms. The van der Waals surface area contributed by atoms with Crippen LogP contribution < -0.4 is 16.0 Å². The van der Waals surface area contributed by atoms with Crippen molar-refractivity contribution in [2.75, 3.05) is 49.5 Å². The van der Waals surface area contributed by atoms with Crippen molar-refractivity contribution >= 4 is 17.3 Å². The molecule has 0 bridgehead atoms. The first kappa shape index (κ1) is 17.0. The number of halogens is 1. The van der Waals surface area contributed by atoms with Gasteiger partial charge in [-0.05, 0) is 36.4 Å². The highest BCUT2D eigenvalue weighted by Gasteiger charge is 2.18. The van der Waals surface area contributed by atoms with Gasteiger partial charge in [0.15, 0.2) is 5.96 Å². The van der Waals surface area contributed by atoms with Crippen molar-refractivity contribution in [2.24, 2.45) is 10.7 Å². The number of aromatic nitrogens is 1. The van der Waals surface area contributed by atoms with E-state index in [1.54, 1.807) is 12.4 Å². The van der Waals surface area contributed by atoms with Gasteiger partial charge in [-0.25, -0.2) is 4.39 Å². The molecule has 1 aromatic carbocycles. The number of hydrogen-bond donors (Lipinski definition) is 2. The summed E-state index contributed by atoms with van der Waals surface area (Å²) in [7, 11) is 0. The van der Waals surface area contributed by atoms with Crippen LogP contribution in [0.4, 0.5) is 15.8 Å². The molecule has 0 saturated carbocycles. The number of benzene rings is 1. The standard InChI is InChI=1S/C18H23FN6/c19-15-1-3-17(4-2-15)24-11-13-25(14-12-24)18(20)23-10-9-22-16-5-7-21-8-6-16/h1-8H,9-14H2,(H2,20,23)(H,21,22). The van der Waals surface area contributed by atoms with Crippen LogP contribution in [0.2, 0.25) is 0 Å². The molecule has 132 valence electrons. The summed E-state index contributed by atoms with van der Waals surface area (Å²) < 4.78 is 13.0. The number of anilines is 2. The molecule has 0 aliphatic carbocycles. The van der Waals surface area contributed by atoms with Crippen LogP contribution in [0.15, 0.2) is 53.8 Å². The number of nitrogens with zero attached hydrogens (tertiary/aromatic N) is 4. The highest BCUT2D eigenvalue weighted by atomic mass is 19.1. The van der Waals surface area contributed by atoms with Crippen LogP contribution in [0.3, 0.4) is 0 Å². The van der Waals surface area contributed by atoms with Gasteiger partial charge in [0.2, 0.25) is 0 Å². The van der Waals surface area contributed by atoms with Crippen LogP contribution in [0.5, 0.6) is 0 Å². The average molecular weight is 342 g/mol. The van der Waals surface area contributed by atoms with Crippen molar-refractivity contribution < 1.29 is 4.39 Å². The minimum atomic E-state index is -0.209. The van der Waals surface area contributed by atoms with Gasteiger partial charge in [-0.15, -0.1) is 0 Å². The van der Waals surface area contributed by atoms with E-state index in [9.17, 15) is 4.39 Å². The summed E-state index contributed by atoms with van der Waals surface area (Å²) in [4.78, 5) is 12.7. The molecule has 0 atom stereocenters. The fraction of sp³-hybridized carbons (Fsp3) is 0.333. The van der Waals surface area contributed by atoms with Crippen LogP contribution >= 0.6 is 0 Å². The summed E-state index contributed by atoms with van der Waals surface area (Å²) in [6.45, 7) is 4.65. The van der Waals surface area contributed by atoms with E-state index in [2.05, 4.69) is 25.1 Å². The lowest BCUT2D eigenvalue weighted by atomic mass is 10.2. The molecule has 1 saturated heterocycles. The quantitative estimate of drug-likeness (QED) is 0.492. The zero-order valence-corrected chi connectivity index (χ0v) is 14.1. The predicted molar refractivity (Wildman–Crippen MR) is 99.4 cm³/mol. The second-order valence-electron chi connectivity index (χ2n) is 5.85. The Balaban J connectivity index is 1.43. The van der Waals surface area contributed by atoms with Crippen molar-refractivity contribution in [1.29, 1.82) is 0 Å². The third-order valence-electron chi connectivity index (χ3n) is 4.19. The Bertz CT molecular complexity index is 680. The van der Waals surface area contributed by atoms with Crippen LogP contribution in [0.1, 0.15) is 0 Å². The maximum absolute atomic E-state index is 13.0. The molecule has 1 aromatic heterocycles. The lowest BCUT2D eigenvalue weighted by Gasteiger charge is -2.36. The molecule has 2 heterocycles. The van der Waals surface area contributed by atoms with Gasteiger partial charge in [-0.1, -0.05) is 0 Å². The van der Waals surface area contributed by atoms with Crippen molar-refractivity contribution in [1.82, 2.24) is 9.88 Å². The zero-order valence-electron chi connectivity index (χ0n) is 14.1. The van der Waals surface area contributed by atoms with Crippen LogP contribution in [-0.4, -0.2) is 55.1 Å². The van der Waals surface area contributed by atoms with Crippen LogP contribution in [-0.2, 0) is 0 Å². The summed E-state index contributed by atoms with van der Waals surface area (Å²) in [6.07, 6.45) is 3.50. The van der Waals surface area contributed by atoms with Gasteiger partial charge in [0.05, 0.1) is 6.54 Å². The third kappa shape index (κ3) is 4.82. The Morgan fingerprint density at radius 2 is 1.76 bits per heavy atom. The maximum Gasteiger partial charge on any atom is 0.191 e. The fourth-order valence-electron chi connectivity index (χ4n) is 2.79. The van der Waals surface area contributed by atoms with Crippen molar-refractivity contribution in [3.8, 4) is 0 Å². The first-order chi connectivity index (χ1) is 12.2. The molecule has 1 aliphatic heterocycles. The van der Waals surface area contributed by atoms with E-state index in [1.165, 1.54) is 12.1 Å². The topological polar surface area (TPSA) is 69.8 Å². The second-order valence-corrected chi connectivity index (χ2v) is 5.85. The van der Waals surface area contributed by atoms with E-state index >= 15 is 0 Å². The van der Waals surface area contributed by atoms with Gasteiger partial charge in [0, 0.05) is 56.5 Å². The molecule has 1 aliphatic rings. The van der Waals surface area contributed by atoms with Crippen molar-refractivity contribution in [3.63, 3.8) is 0 Å². The van der Waals surface area contributed by atoms with E-state index in [4.69, 9.17) is 5.73 Å². The fourth-order valence-corrected chi connectivity index (χ4v) is 2.79. The number of rotatable bonds is 5. The number of guanidine groups is 1. The summed E-state index contributed by atoms with van der Waals surface area (Å²) >= 11 is 0. The molecule has 2 aromatic rings. The molecule has 0 spiro atoms. The first-order valence-electron chi connectivity index (χ1n) is 8.41. The van der Waals surface area contributed by atoms with E-state index in [0.29, 0.717) is 12.5 Å². The largest absolute Gasteiger partial charge is 0.383 e. The van der Waals surface area contributed by atoms with E-state index in [0.717, 1.165) is 44.1 Å². The lowest BCUT2D eigenvalue weighted by molar-refractivity contribution is 0.381. The Kier molecular flexibility index (Phi) is 5.66. The predicted octanol–water partition coefficient (Wildman–Crippen LogP) is 1.77. The molecule has 0 unspecified atom stereocenters. The Hall–Kier alpha value is -2.83. The molecule has 3 N–H and O–H groups in total. The Labute approximate surface area is 147 Å². The number of piperazine rings is 1. The van der Waals surface area contributed by atoms with Gasteiger partial charge < -0.3 is 20.9 Å². The van der Waals surface area contributed by atoms with E-state index in [-0.39, 0.29) is 5.82 Å². The zero-order chi connectivity index (χ0) is 17.5. The number of nitrogens with two attached hydrogens (primary N) is 1. The smallest absolute Gasteiger partial charge is 0.191 e. The van der Waals surface area contributed by atoms with Crippen LogP contribution in [0, 0.1) is 5.82 Å². The average Bonchev–Trinajstić information content (AvgIpc) is 2.67. The molecule has 1 fully saturated rings. The molecule has 6 nitrogen and oxygen atoms in total. The second kappa shape index (κ2) is 8.32. The minimum Gasteiger partial charge on any atom is -0.383 e. The summed E-state index contributed by atoms with van der Waals surface area (Å²) in [5, 5.41) is 3.28. The number of hydrogen-bond acceptors (Lipinski definition) is 4. The number of pyridine rings is 1. The highest BCUT2D eigenvalue weighted by Crippen LogP contribution is 2.16. The van der Waals surface area contributed by atoms with Crippen molar-refractivity contribution in [2.45, 2.75) is 0 Å². The SMILES string of the molecule is NC(=NCCNc1ccncc1)N1CCN(c2ccc(F)cc2)CC1. The summed E-state index contributed by atoms with van der Waals surface area (Å²) in [5.41, 5.74) is 8.17. The monoisotopic (exact) mass is 342 g/mol. The molecule has 7 heteroatoms. The first-order valence-corrected chi connectivity index (χ1v) is 8.41. The molecule has 0 radical (unpaired) electrons. The molecule has 3 rings (SSSR count). The van der Waals surface area contributed by atoms with Gasteiger partial charge in [0.1, 0.15) is 5.82 Å². The molecular weight excluding hydrogens is 319 g/mol. The maximum atomic E-state index is 13.0. The van der Waals surface area contributed by atoms with Gasteiger partial charge >= 0.3 is 0 Å². The lowest BCUT2D eigenvalue weighted by Crippen LogP contribution is -2.51. The van der Waals surface area contributed by atoms with Crippen LogP contribution in [0.25, 0.3) is 0 Å². The molecule has 0 amide bonds. The van der Waals surface area contributed by atoms with Gasteiger partial charge in [-0.2, -0.15) is 0 Å².